The number of hydrogen-bond donors (Lipinski definition) is 2. The maximum Gasteiger partial charge on any atom is 2.00 e. The zero-order valence-corrected chi connectivity index (χ0v) is 15.0. The van der Waals surface area contributed by atoms with Gasteiger partial charge in [-0.2, -0.15) is 0 Å². The van der Waals surface area contributed by atoms with Gasteiger partial charge in [-0.15, -0.1) is 0 Å². The molecule has 0 aliphatic carbocycles. The number of carbonyl (C=O) groups excluding carboxylic acids is 4. The van der Waals surface area contributed by atoms with Crippen molar-refractivity contribution < 1.29 is 67.0 Å². The maximum absolute atomic E-state index is 9.86. The monoisotopic (exact) mass is 404 g/mol. The molecule has 26 heavy (non-hydrogen) atoms. The molecule has 0 aromatic carbocycles. The SMILES string of the molecule is N[C@@H](CCC(=O)[O-])C(=O)[O-].N[C@@H](CCC(=O)[O-])C(=O)[O-].O.O.O.O.O.[Mg+2]. The number of aliphatic carboxylic acids is 4. The summed E-state index contributed by atoms with van der Waals surface area (Å²) in [5, 5.41) is 39.2. The zero-order chi connectivity index (χ0) is 16.3. The number of carboxylic acids is 4. The van der Waals surface area contributed by atoms with Crippen molar-refractivity contribution in [1.29, 1.82) is 0 Å². The topological polar surface area (TPSA) is 370 Å². The summed E-state index contributed by atoms with van der Waals surface area (Å²) in [4.78, 5) is 39.2. The fraction of sp³-hybridized carbons (Fsp3) is 0.600. The second-order valence-corrected chi connectivity index (χ2v) is 3.67. The fourth-order valence-corrected chi connectivity index (χ4v) is 0.782. The van der Waals surface area contributed by atoms with E-state index in [2.05, 4.69) is 0 Å². The molecule has 2 atom stereocenters. The van der Waals surface area contributed by atoms with Gasteiger partial charge in [0.05, 0.1) is 11.9 Å². The van der Waals surface area contributed by atoms with E-state index in [1.165, 1.54) is 0 Å². The van der Waals surface area contributed by atoms with Crippen LogP contribution in [0.2, 0.25) is 0 Å². The van der Waals surface area contributed by atoms with Crippen LogP contribution in [-0.4, -0.2) is 86.4 Å². The molecule has 0 aromatic rings. The summed E-state index contributed by atoms with van der Waals surface area (Å²) in [5.74, 6) is -5.50. The van der Waals surface area contributed by atoms with E-state index < -0.39 is 36.0 Å². The molecule has 0 saturated carbocycles. The van der Waals surface area contributed by atoms with Gasteiger partial charge in [-0.3, -0.25) is 0 Å². The minimum absolute atomic E-state index is 0. The van der Waals surface area contributed by atoms with E-state index in [0.29, 0.717) is 0 Å². The molecule has 156 valence electrons. The Bertz CT molecular complexity index is 335. The van der Waals surface area contributed by atoms with Gasteiger partial charge < -0.3 is 78.5 Å². The minimum atomic E-state index is -1.44. The molecular formula is C10H24MgN2O13-2. The summed E-state index contributed by atoms with van der Waals surface area (Å²) < 4.78 is 0. The van der Waals surface area contributed by atoms with Crippen LogP contribution in [0, 0.1) is 0 Å². The third-order valence-electron chi connectivity index (χ3n) is 1.92. The third-order valence-corrected chi connectivity index (χ3v) is 1.92. The first-order chi connectivity index (χ1) is 9.07. The number of carbonyl (C=O) groups is 4. The molecule has 0 aliphatic heterocycles. The average molecular weight is 405 g/mol. The van der Waals surface area contributed by atoms with Gasteiger partial charge >= 0.3 is 23.1 Å². The zero-order valence-electron chi connectivity index (χ0n) is 13.6. The summed E-state index contributed by atoms with van der Waals surface area (Å²) >= 11 is 0. The van der Waals surface area contributed by atoms with Crippen LogP contribution in [0.5, 0.6) is 0 Å². The molecule has 15 nitrogen and oxygen atoms in total. The van der Waals surface area contributed by atoms with Crippen LogP contribution in [0.25, 0.3) is 0 Å². The first-order valence-electron chi connectivity index (χ1n) is 5.40. The molecule has 0 bridgehead atoms. The van der Waals surface area contributed by atoms with E-state index in [4.69, 9.17) is 11.5 Å². The van der Waals surface area contributed by atoms with E-state index in [1.54, 1.807) is 0 Å². The standard InChI is InChI=1S/2C5H9NO4.Mg.5H2O/c2*6-3(5(9)10)1-2-4(7)8;;;;;;/h2*3H,1-2,6H2,(H,7,8)(H,9,10);;5*1H2/q;;+2;;;;;/p-4/t2*3-;;;;;;/m00....../s1. The van der Waals surface area contributed by atoms with Gasteiger partial charge in [0.1, 0.15) is 0 Å². The first-order valence-corrected chi connectivity index (χ1v) is 5.40. The second-order valence-electron chi connectivity index (χ2n) is 3.67. The van der Waals surface area contributed by atoms with Crippen molar-refractivity contribution in [1.82, 2.24) is 0 Å². The van der Waals surface area contributed by atoms with Crippen molar-refractivity contribution in [3.63, 3.8) is 0 Å². The predicted molar refractivity (Wildman–Crippen MR) is 78.3 cm³/mol. The predicted octanol–water partition coefficient (Wildman–Crippen LogP) is -11.3. The van der Waals surface area contributed by atoms with E-state index in [9.17, 15) is 39.6 Å². The van der Waals surface area contributed by atoms with Gasteiger partial charge in [-0.1, -0.05) is 0 Å². The van der Waals surface area contributed by atoms with Crippen LogP contribution < -0.4 is 31.9 Å². The van der Waals surface area contributed by atoms with Crippen LogP contribution in [0.15, 0.2) is 0 Å². The van der Waals surface area contributed by atoms with Crippen LogP contribution in [-0.2, 0) is 19.2 Å². The van der Waals surface area contributed by atoms with Crippen LogP contribution in [0.1, 0.15) is 25.7 Å². The molecule has 0 radical (unpaired) electrons. The molecule has 0 aliphatic rings. The summed E-state index contributed by atoms with van der Waals surface area (Å²) in [6.07, 6.45) is -1.00. The molecule has 0 rings (SSSR count). The van der Waals surface area contributed by atoms with Crippen molar-refractivity contribution in [3.8, 4) is 0 Å². The van der Waals surface area contributed by atoms with Gasteiger partial charge in [-0.25, -0.2) is 0 Å². The summed E-state index contributed by atoms with van der Waals surface area (Å²) in [5.41, 5.74) is 9.82. The summed E-state index contributed by atoms with van der Waals surface area (Å²) in [6, 6.07) is -2.42. The van der Waals surface area contributed by atoms with Crippen molar-refractivity contribution in [2.75, 3.05) is 0 Å². The average Bonchev–Trinajstić information content (AvgIpc) is 2.33. The fourth-order valence-electron chi connectivity index (χ4n) is 0.782. The molecule has 0 spiro atoms. The van der Waals surface area contributed by atoms with Crippen molar-refractivity contribution >= 4 is 46.9 Å². The van der Waals surface area contributed by atoms with Crippen LogP contribution in [0.4, 0.5) is 0 Å². The third kappa shape index (κ3) is 38.1. The summed E-state index contributed by atoms with van der Waals surface area (Å²) in [7, 11) is 0. The molecule has 0 heterocycles. The normalized spacial score (nSPS) is 9.62. The quantitative estimate of drug-likeness (QED) is 0.359. The van der Waals surface area contributed by atoms with Gasteiger partial charge in [0, 0.05) is 24.0 Å². The Morgan fingerprint density at radius 3 is 0.923 bits per heavy atom. The van der Waals surface area contributed by atoms with Crippen LogP contribution >= 0.6 is 0 Å². The molecular weight excluding hydrogens is 380 g/mol. The molecule has 0 aromatic heterocycles. The molecule has 0 fully saturated rings. The van der Waals surface area contributed by atoms with E-state index in [-0.39, 0.29) is 76.1 Å². The number of carboxylic acid groups (broad SMARTS) is 4. The van der Waals surface area contributed by atoms with Crippen molar-refractivity contribution in [2.45, 2.75) is 37.8 Å². The Hall–Kier alpha value is -1.63. The second kappa shape index (κ2) is 28.2. The molecule has 16 heteroatoms. The van der Waals surface area contributed by atoms with Crippen molar-refractivity contribution in [2.24, 2.45) is 11.5 Å². The first kappa shape index (κ1) is 49.7. The molecule has 14 N–H and O–H groups in total. The maximum atomic E-state index is 9.86. The smallest absolute Gasteiger partial charge is 0.550 e. The van der Waals surface area contributed by atoms with Crippen molar-refractivity contribution in [3.05, 3.63) is 0 Å². The van der Waals surface area contributed by atoms with E-state index in [1.807, 2.05) is 0 Å². The van der Waals surface area contributed by atoms with Gasteiger partial charge in [0.25, 0.3) is 0 Å². The molecule has 0 unspecified atom stereocenters. The number of hydrogen-bond acceptors (Lipinski definition) is 10. The van der Waals surface area contributed by atoms with Gasteiger partial charge in [-0.05, 0) is 25.7 Å². The minimum Gasteiger partial charge on any atom is -0.550 e. The largest absolute Gasteiger partial charge is 2.00 e. The van der Waals surface area contributed by atoms with Crippen LogP contribution in [0.3, 0.4) is 0 Å². The van der Waals surface area contributed by atoms with E-state index >= 15 is 0 Å². The Morgan fingerprint density at radius 1 is 0.615 bits per heavy atom. The Labute approximate surface area is 163 Å². The number of nitrogens with two attached hydrogens (primary N) is 2. The number of rotatable bonds is 8. The Kier molecular flexibility index (Phi) is 53.8. The van der Waals surface area contributed by atoms with E-state index in [0.717, 1.165) is 0 Å². The van der Waals surface area contributed by atoms with Gasteiger partial charge in [0.2, 0.25) is 0 Å². The molecule has 0 saturated heterocycles. The Balaban J connectivity index is -0.0000000337. The summed E-state index contributed by atoms with van der Waals surface area (Å²) in [6.45, 7) is 0. The Morgan fingerprint density at radius 2 is 0.808 bits per heavy atom. The molecule has 0 amide bonds. The van der Waals surface area contributed by atoms with Gasteiger partial charge in [0.15, 0.2) is 0 Å².